The van der Waals surface area contributed by atoms with Gasteiger partial charge in [0.15, 0.2) is 15.0 Å². The number of anilines is 1. The lowest BCUT2D eigenvalue weighted by Crippen LogP contribution is -2.15. The third-order valence-electron chi connectivity index (χ3n) is 4.18. The van der Waals surface area contributed by atoms with Gasteiger partial charge in [-0.05, 0) is 37.7 Å². The molecule has 0 fully saturated rings. The Hall–Kier alpha value is -1.73. The van der Waals surface area contributed by atoms with Crippen LogP contribution in [-0.2, 0) is 33.2 Å². The number of carbonyl (C=O) groups excluding carboxylic acids is 1. The van der Waals surface area contributed by atoms with Crippen molar-refractivity contribution >= 4 is 32.2 Å². The van der Waals surface area contributed by atoms with Crippen LogP contribution < -0.4 is 5.32 Å². The predicted octanol–water partition coefficient (Wildman–Crippen LogP) is 3.36. The Morgan fingerprint density at radius 2 is 1.92 bits per heavy atom. The van der Waals surface area contributed by atoms with Crippen LogP contribution in [0.15, 0.2) is 30.3 Å². The molecular weight excluding hydrogens is 356 g/mol. The molecule has 0 aliphatic heterocycles. The van der Waals surface area contributed by atoms with Crippen molar-refractivity contribution in [2.75, 3.05) is 11.1 Å². The Morgan fingerprint density at radius 1 is 1.16 bits per heavy atom. The molecule has 3 rings (SSSR count). The van der Waals surface area contributed by atoms with Crippen LogP contribution in [0, 0.1) is 0 Å². The predicted molar refractivity (Wildman–Crippen MR) is 101 cm³/mol. The molecule has 1 aliphatic rings. The van der Waals surface area contributed by atoms with Crippen LogP contribution in [0.5, 0.6) is 0 Å². The molecular formula is C18H22N2O3S2. The van der Waals surface area contributed by atoms with E-state index in [-0.39, 0.29) is 23.8 Å². The normalized spacial score (nSPS) is 14.1. The number of hydrogen-bond acceptors (Lipinski definition) is 5. The van der Waals surface area contributed by atoms with E-state index < -0.39 is 9.84 Å². The first kappa shape index (κ1) is 18.1. The highest BCUT2D eigenvalue weighted by molar-refractivity contribution is 7.90. The number of sulfone groups is 1. The summed E-state index contributed by atoms with van der Waals surface area (Å²) in [5.74, 6) is -0.126. The van der Waals surface area contributed by atoms with Crippen LogP contribution in [0.3, 0.4) is 0 Å². The minimum Gasteiger partial charge on any atom is -0.302 e. The van der Waals surface area contributed by atoms with Crippen molar-refractivity contribution in [1.82, 2.24) is 4.98 Å². The number of rotatable bonds is 7. The Balaban J connectivity index is 1.45. The fourth-order valence-corrected chi connectivity index (χ4v) is 5.44. The van der Waals surface area contributed by atoms with Gasteiger partial charge in [-0.2, -0.15) is 0 Å². The summed E-state index contributed by atoms with van der Waals surface area (Å²) < 4.78 is 24.3. The topological polar surface area (TPSA) is 76.1 Å². The van der Waals surface area contributed by atoms with Gasteiger partial charge in [0.05, 0.1) is 17.2 Å². The van der Waals surface area contributed by atoms with E-state index in [4.69, 9.17) is 0 Å². The molecule has 1 aliphatic carbocycles. The van der Waals surface area contributed by atoms with Gasteiger partial charge < -0.3 is 5.32 Å². The zero-order valence-electron chi connectivity index (χ0n) is 14.0. The summed E-state index contributed by atoms with van der Waals surface area (Å²) in [4.78, 5) is 17.8. The molecule has 0 radical (unpaired) electrons. The van der Waals surface area contributed by atoms with Crippen LogP contribution in [0.25, 0.3) is 0 Å². The van der Waals surface area contributed by atoms with Gasteiger partial charge in [-0.3, -0.25) is 4.79 Å². The summed E-state index contributed by atoms with van der Waals surface area (Å²) in [5.41, 5.74) is 1.89. The summed E-state index contributed by atoms with van der Waals surface area (Å²) in [6, 6.07) is 9.11. The lowest BCUT2D eigenvalue weighted by atomic mass is 10.0. The molecule has 5 nitrogen and oxygen atoms in total. The van der Waals surface area contributed by atoms with E-state index in [0.29, 0.717) is 11.6 Å². The molecule has 1 aromatic carbocycles. The maximum absolute atomic E-state index is 12.1. The summed E-state index contributed by atoms with van der Waals surface area (Å²) >= 11 is 1.54. The van der Waals surface area contributed by atoms with E-state index in [1.807, 2.05) is 18.2 Å². The van der Waals surface area contributed by atoms with Crippen molar-refractivity contribution in [3.8, 4) is 0 Å². The summed E-state index contributed by atoms with van der Waals surface area (Å²) in [7, 11) is -3.20. The maximum atomic E-state index is 12.1. The van der Waals surface area contributed by atoms with E-state index in [0.717, 1.165) is 30.5 Å². The highest BCUT2D eigenvalue weighted by Gasteiger charge is 2.17. The SMILES string of the molecule is O=C(CCCS(=O)(=O)Cc1ccccc1)Nc1nc2c(s1)CCCC2. The third-order valence-corrected chi connectivity index (χ3v) is 6.94. The monoisotopic (exact) mass is 378 g/mol. The van der Waals surface area contributed by atoms with Gasteiger partial charge in [0, 0.05) is 11.3 Å². The summed E-state index contributed by atoms with van der Waals surface area (Å²) in [6.45, 7) is 0. The highest BCUT2D eigenvalue weighted by Crippen LogP contribution is 2.29. The number of aromatic nitrogens is 1. The second kappa shape index (κ2) is 8.10. The number of carbonyl (C=O) groups is 1. The smallest absolute Gasteiger partial charge is 0.226 e. The molecule has 0 atom stereocenters. The van der Waals surface area contributed by atoms with Crippen LogP contribution >= 0.6 is 11.3 Å². The number of fused-ring (bicyclic) bond motifs is 1. The molecule has 0 spiro atoms. The largest absolute Gasteiger partial charge is 0.302 e. The van der Waals surface area contributed by atoms with E-state index in [1.165, 1.54) is 11.3 Å². The molecule has 134 valence electrons. The molecule has 0 saturated carbocycles. The van der Waals surface area contributed by atoms with Crippen molar-refractivity contribution in [3.63, 3.8) is 0 Å². The fraction of sp³-hybridized carbons (Fsp3) is 0.444. The first-order valence-electron chi connectivity index (χ1n) is 8.55. The molecule has 2 aromatic rings. The number of aryl methyl sites for hydroxylation is 2. The zero-order valence-corrected chi connectivity index (χ0v) is 15.7. The van der Waals surface area contributed by atoms with Crippen LogP contribution in [-0.4, -0.2) is 25.1 Å². The number of thiazole rings is 1. The maximum Gasteiger partial charge on any atom is 0.226 e. The van der Waals surface area contributed by atoms with Crippen molar-refractivity contribution in [2.45, 2.75) is 44.3 Å². The standard InChI is InChI=1S/C18H22N2O3S2/c21-17(20-18-19-15-9-4-5-10-16(15)24-18)11-6-12-25(22,23)13-14-7-2-1-3-8-14/h1-3,7-8H,4-6,9-13H2,(H,19,20,21). The van der Waals surface area contributed by atoms with E-state index >= 15 is 0 Å². The van der Waals surface area contributed by atoms with Gasteiger partial charge in [-0.15, -0.1) is 11.3 Å². The number of nitrogens with one attached hydrogen (secondary N) is 1. The molecule has 0 bridgehead atoms. The second-order valence-electron chi connectivity index (χ2n) is 6.33. The molecule has 1 aromatic heterocycles. The van der Waals surface area contributed by atoms with Crippen LogP contribution in [0.1, 0.15) is 41.8 Å². The molecule has 0 unspecified atom stereocenters. The van der Waals surface area contributed by atoms with Gasteiger partial charge in [0.25, 0.3) is 0 Å². The highest BCUT2D eigenvalue weighted by atomic mass is 32.2. The Bertz CT molecular complexity index is 806. The third kappa shape index (κ3) is 5.37. The molecule has 0 saturated heterocycles. The Morgan fingerprint density at radius 3 is 2.68 bits per heavy atom. The first-order valence-corrected chi connectivity index (χ1v) is 11.2. The van der Waals surface area contributed by atoms with Crippen molar-refractivity contribution in [3.05, 3.63) is 46.5 Å². The van der Waals surface area contributed by atoms with Gasteiger partial charge in [-0.1, -0.05) is 30.3 Å². The lowest BCUT2D eigenvalue weighted by Gasteiger charge is -2.06. The Kier molecular flexibility index (Phi) is 5.86. The zero-order chi connectivity index (χ0) is 17.7. The van der Waals surface area contributed by atoms with Gasteiger partial charge in [-0.25, -0.2) is 13.4 Å². The number of nitrogens with zero attached hydrogens (tertiary/aromatic N) is 1. The van der Waals surface area contributed by atoms with Gasteiger partial charge >= 0.3 is 0 Å². The van der Waals surface area contributed by atoms with E-state index in [9.17, 15) is 13.2 Å². The molecule has 7 heteroatoms. The summed E-state index contributed by atoms with van der Waals surface area (Å²) in [5, 5.41) is 3.45. The average molecular weight is 379 g/mol. The Labute approximate surface area is 152 Å². The molecule has 1 heterocycles. The first-order chi connectivity index (χ1) is 12.0. The van der Waals surface area contributed by atoms with Gasteiger partial charge in [0.1, 0.15) is 0 Å². The number of hydrogen-bond donors (Lipinski definition) is 1. The summed E-state index contributed by atoms with van der Waals surface area (Å²) in [6.07, 6.45) is 4.88. The minimum atomic E-state index is -3.20. The minimum absolute atomic E-state index is 0.0175. The van der Waals surface area contributed by atoms with Crippen LogP contribution in [0.2, 0.25) is 0 Å². The average Bonchev–Trinajstić information content (AvgIpc) is 2.97. The fourth-order valence-electron chi connectivity index (χ4n) is 2.94. The molecule has 1 amide bonds. The van der Waals surface area contributed by atoms with Crippen molar-refractivity contribution in [1.29, 1.82) is 0 Å². The molecule has 1 N–H and O–H groups in total. The number of benzene rings is 1. The van der Waals surface area contributed by atoms with E-state index in [2.05, 4.69) is 10.3 Å². The number of amides is 1. The lowest BCUT2D eigenvalue weighted by molar-refractivity contribution is -0.116. The second-order valence-corrected chi connectivity index (χ2v) is 9.59. The van der Waals surface area contributed by atoms with E-state index in [1.54, 1.807) is 23.5 Å². The van der Waals surface area contributed by atoms with Crippen molar-refractivity contribution < 1.29 is 13.2 Å². The molecule has 25 heavy (non-hydrogen) atoms. The quantitative estimate of drug-likeness (QED) is 0.801. The van der Waals surface area contributed by atoms with Gasteiger partial charge in [0.2, 0.25) is 5.91 Å². The van der Waals surface area contributed by atoms with Crippen LogP contribution in [0.4, 0.5) is 5.13 Å². The van der Waals surface area contributed by atoms with Crippen molar-refractivity contribution in [2.24, 2.45) is 0 Å².